The van der Waals surface area contributed by atoms with E-state index in [2.05, 4.69) is 13.8 Å². The van der Waals surface area contributed by atoms with E-state index in [0.29, 0.717) is 0 Å². The van der Waals surface area contributed by atoms with Crippen molar-refractivity contribution < 1.29 is 4.43 Å². The molecule has 0 spiro atoms. The van der Waals surface area contributed by atoms with Gasteiger partial charge >= 0.3 is 0 Å². The van der Waals surface area contributed by atoms with Crippen LogP contribution in [-0.2, 0) is 4.43 Å². The Kier molecular flexibility index (Phi) is 15.2. The van der Waals surface area contributed by atoms with E-state index in [1.807, 2.05) is 0 Å². The molecule has 1 rings (SSSR count). The molecule has 0 aromatic heterocycles. The summed E-state index contributed by atoms with van der Waals surface area (Å²) in [6.07, 6.45) is 24.5. The van der Waals surface area contributed by atoms with Crippen LogP contribution in [0.2, 0.25) is 18.1 Å². The average Bonchev–Trinajstić information content (AvgIpc) is 2.65. The van der Waals surface area contributed by atoms with Crippen molar-refractivity contribution in [1.82, 2.24) is 0 Å². The zero-order chi connectivity index (χ0) is 18.1. The maximum atomic E-state index is 6.47. The lowest BCUT2D eigenvalue weighted by Crippen LogP contribution is -2.39. The molecule has 0 saturated carbocycles. The lowest BCUT2D eigenvalue weighted by atomic mass is 10.0. The molecule has 0 atom stereocenters. The number of unbranched alkanes of at least 4 members (excludes halogenated alkanes) is 13. The second-order valence-electron chi connectivity index (χ2n) is 8.54. The molecule has 0 aromatic carbocycles. The fourth-order valence-electron chi connectivity index (χ4n) is 4.38. The molecule has 1 fully saturated rings. The highest BCUT2D eigenvalue weighted by atomic mass is 28.4. The van der Waals surface area contributed by atoms with Gasteiger partial charge in [-0.1, -0.05) is 117 Å². The first kappa shape index (κ1) is 23.2. The Bertz CT molecular complexity index is 273. The van der Waals surface area contributed by atoms with Crippen molar-refractivity contribution in [2.24, 2.45) is 0 Å². The third-order valence-corrected chi connectivity index (χ3v) is 11.0. The molecule has 150 valence electrons. The van der Waals surface area contributed by atoms with Gasteiger partial charge in [0.05, 0.1) is 0 Å². The Labute approximate surface area is 160 Å². The predicted octanol–water partition coefficient (Wildman–Crippen LogP) is 8.63. The molecule has 0 aliphatic carbocycles. The first-order valence-corrected chi connectivity index (χ1v) is 14.5. The zero-order valence-electron chi connectivity index (χ0n) is 17.8. The van der Waals surface area contributed by atoms with Gasteiger partial charge in [-0.15, -0.1) is 0 Å². The molecule has 0 unspecified atom stereocenters. The number of hydrogen-bond donors (Lipinski definition) is 0. The molecule has 0 bridgehead atoms. The molecule has 1 nitrogen and oxygen atoms in total. The number of hydrogen-bond acceptors (Lipinski definition) is 1. The molecule has 0 N–H and O–H groups in total. The average molecular weight is 369 g/mol. The Morgan fingerprint density at radius 1 is 0.560 bits per heavy atom. The van der Waals surface area contributed by atoms with Gasteiger partial charge in [0.1, 0.15) is 0 Å². The summed E-state index contributed by atoms with van der Waals surface area (Å²) in [5.74, 6) is 0. The summed E-state index contributed by atoms with van der Waals surface area (Å²) in [6.45, 7) is 5.74. The van der Waals surface area contributed by atoms with Crippen molar-refractivity contribution in [3.8, 4) is 0 Å². The van der Waals surface area contributed by atoms with Gasteiger partial charge in [0, 0.05) is 6.61 Å². The quantitative estimate of drug-likeness (QED) is 0.184. The zero-order valence-corrected chi connectivity index (χ0v) is 18.8. The van der Waals surface area contributed by atoms with Crippen LogP contribution >= 0.6 is 0 Å². The predicted molar refractivity (Wildman–Crippen MR) is 116 cm³/mol. The monoisotopic (exact) mass is 368 g/mol. The van der Waals surface area contributed by atoms with Gasteiger partial charge in [-0.25, -0.2) is 0 Å². The van der Waals surface area contributed by atoms with E-state index in [1.54, 1.807) is 0 Å². The molecule has 1 saturated heterocycles. The first-order valence-electron chi connectivity index (χ1n) is 12.0. The van der Waals surface area contributed by atoms with E-state index in [1.165, 1.54) is 127 Å². The van der Waals surface area contributed by atoms with Crippen LogP contribution in [0.25, 0.3) is 0 Å². The maximum absolute atomic E-state index is 6.47. The van der Waals surface area contributed by atoms with Crippen molar-refractivity contribution in [3.63, 3.8) is 0 Å². The largest absolute Gasteiger partial charge is 0.417 e. The topological polar surface area (TPSA) is 9.23 Å². The van der Waals surface area contributed by atoms with Crippen LogP contribution in [-0.4, -0.2) is 14.9 Å². The molecule has 2 heteroatoms. The third kappa shape index (κ3) is 12.2. The van der Waals surface area contributed by atoms with Crippen LogP contribution in [0.5, 0.6) is 0 Å². The van der Waals surface area contributed by atoms with Crippen molar-refractivity contribution >= 4 is 8.32 Å². The van der Waals surface area contributed by atoms with Crippen LogP contribution in [0, 0.1) is 0 Å². The molecular weight excluding hydrogens is 320 g/mol. The van der Waals surface area contributed by atoms with E-state index >= 15 is 0 Å². The summed E-state index contributed by atoms with van der Waals surface area (Å²) < 4.78 is 6.47. The highest BCUT2D eigenvalue weighted by Crippen LogP contribution is 2.32. The Hall–Kier alpha value is 0.177. The Morgan fingerprint density at radius 3 is 1.44 bits per heavy atom. The van der Waals surface area contributed by atoms with Crippen LogP contribution in [0.15, 0.2) is 0 Å². The third-order valence-electron chi connectivity index (χ3n) is 6.32. The van der Waals surface area contributed by atoms with Crippen molar-refractivity contribution in [3.05, 3.63) is 0 Å². The highest BCUT2D eigenvalue weighted by molar-refractivity contribution is 6.73. The summed E-state index contributed by atoms with van der Waals surface area (Å²) in [5, 5.41) is 0. The van der Waals surface area contributed by atoms with Gasteiger partial charge < -0.3 is 4.43 Å². The molecular formula is C23H48OSi. The normalized spacial score (nSPS) is 17.0. The first-order chi connectivity index (χ1) is 12.3. The summed E-state index contributed by atoms with van der Waals surface area (Å²) >= 11 is 0. The van der Waals surface area contributed by atoms with Gasteiger partial charge in [-0.3, -0.25) is 0 Å². The minimum absolute atomic E-state index is 1.07. The Balaban J connectivity index is 1.78. The van der Waals surface area contributed by atoms with Crippen molar-refractivity contribution in [1.29, 1.82) is 0 Å². The lowest BCUT2D eigenvalue weighted by Gasteiger charge is -2.34. The molecule has 0 amide bonds. The van der Waals surface area contributed by atoms with Crippen LogP contribution in [0.3, 0.4) is 0 Å². The van der Waals surface area contributed by atoms with Gasteiger partial charge in [0.15, 0.2) is 8.32 Å². The molecule has 1 aliphatic rings. The summed E-state index contributed by atoms with van der Waals surface area (Å²) in [5.41, 5.74) is 0. The Morgan fingerprint density at radius 2 is 1.00 bits per heavy atom. The molecule has 1 heterocycles. The standard InChI is InChI=1S/C23H48OSi/c1-3-5-6-7-8-9-10-11-12-13-14-15-16-18-21-24-25(4-2)22-19-17-20-23-25/h3-23H2,1-2H3. The van der Waals surface area contributed by atoms with E-state index in [9.17, 15) is 0 Å². The summed E-state index contributed by atoms with van der Waals surface area (Å²) in [4.78, 5) is 0. The second kappa shape index (κ2) is 16.4. The number of rotatable bonds is 17. The fourth-order valence-corrected chi connectivity index (χ4v) is 8.20. The van der Waals surface area contributed by atoms with Crippen molar-refractivity contribution in [2.45, 2.75) is 141 Å². The van der Waals surface area contributed by atoms with E-state index in [0.717, 1.165) is 6.61 Å². The SMILES string of the molecule is CCCCCCCCCCCCCCCCO[Si]1(CC)CCCCC1. The van der Waals surface area contributed by atoms with E-state index in [4.69, 9.17) is 4.43 Å². The highest BCUT2D eigenvalue weighted by Gasteiger charge is 2.34. The van der Waals surface area contributed by atoms with Gasteiger partial charge in [-0.05, 0) is 24.6 Å². The van der Waals surface area contributed by atoms with Gasteiger partial charge in [0.25, 0.3) is 0 Å². The minimum Gasteiger partial charge on any atom is -0.417 e. The lowest BCUT2D eigenvalue weighted by molar-refractivity contribution is 0.279. The molecule has 1 aliphatic heterocycles. The van der Waals surface area contributed by atoms with Crippen LogP contribution in [0.4, 0.5) is 0 Å². The van der Waals surface area contributed by atoms with Gasteiger partial charge in [-0.2, -0.15) is 0 Å². The summed E-state index contributed by atoms with van der Waals surface area (Å²) in [7, 11) is -1.26. The minimum atomic E-state index is -1.26. The fraction of sp³-hybridized carbons (Fsp3) is 1.00. The van der Waals surface area contributed by atoms with Crippen LogP contribution in [0.1, 0.15) is 123 Å². The van der Waals surface area contributed by atoms with Crippen molar-refractivity contribution in [2.75, 3.05) is 6.61 Å². The molecule has 25 heavy (non-hydrogen) atoms. The smallest absolute Gasteiger partial charge is 0.192 e. The van der Waals surface area contributed by atoms with Gasteiger partial charge in [0.2, 0.25) is 0 Å². The summed E-state index contributed by atoms with van der Waals surface area (Å²) in [6, 6.07) is 4.25. The molecule has 0 aromatic rings. The van der Waals surface area contributed by atoms with E-state index < -0.39 is 8.32 Å². The van der Waals surface area contributed by atoms with Crippen LogP contribution < -0.4 is 0 Å². The molecule has 0 radical (unpaired) electrons. The maximum Gasteiger partial charge on any atom is 0.192 e. The second-order valence-corrected chi connectivity index (χ2v) is 12.9. The van der Waals surface area contributed by atoms with E-state index in [-0.39, 0.29) is 0 Å².